The van der Waals surface area contributed by atoms with Crippen molar-refractivity contribution in [2.75, 3.05) is 13.2 Å². The van der Waals surface area contributed by atoms with Gasteiger partial charge in [0.2, 0.25) is 5.91 Å². The van der Waals surface area contributed by atoms with Gasteiger partial charge in [-0.15, -0.1) is 0 Å². The highest BCUT2D eigenvalue weighted by Crippen LogP contribution is 2.16. The van der Waals surface area contributed by atoms with E-state index in [1.54, 1.807) is 0 Å². The van der Waals surface area contributed by atoms with Crippen molar-refractivity contribution >= 4 is 5.91 Å². The molecule has 100 valence electrons. The van der Waals surface area contributed by atoms with Gasteiger partial charge in [0.25, 0.3) is 0 Å². The largest absolute Gasteiger partial charge is 0.396 e. The molecule has 1 amide bonds. The van der Waals surface area contributed by atoms with Crippen molar-refractivity contribution in [1.29, 1.82) is 0 Å². The van der Waals surface area contributed by atoms with Crippen molar-refractivity contribution in [3.8, 4) is 0 Å². The first-order valence-electron chi connectivity index (χ1n) is 6.69. The van der Waals surface area contributed by atoms with Crippen LogP contribution in [0.3, 0.4) is 0 Å². The zero-order valence-electron chi connectivity index (χ0n) is 11.2. The Morgan fingerprint density at radius 2 is 2.24 bits per heavy atom. The molecule has 1 heterocycles. The van der Waals surface area contributed by atoms with E-state index in [0.717, 1.165) is 19.4 Å². The van der Waals surface area contributed by atoms with Crippen molar-refractivity contribution in [3.63, 3.8) is 0 Å². The summed E-state index contributed by atoms with van der Waals surface area (Å²) in [5.41, 5.74) is 0. The zero-order chi connectivity index (χ0) is 12.8. The molecule has 0 spiro atoms. The quantitative estimate of drug-likeness (QED) is 0.671. The molecular formula is C13H26N2O2. The maximum Gasteiger partial charge on any atom is 0.237 e. The van der Waals surface area contributed by atoms with Gasteiger partial charge in [-0.25, -0.2) is 0 Å². The lowest BCUT2D eigenvalue weighted by Crippen LogP contribution is -2.52. The highest BCUT2D eigenvalue weighted by molar-refractivity contribution is 5.82. The molecule has 0 aromatic rings. The van der Waals surface area contributed by atoms with E-state index in [4.69, 9.17) is 5.11 Å². The average Bonchev–Trinajstić information content (AvgIpc) is 2.28. The molecule has 1 saturated heterocycles. The molecule has 3 atom stereocenters. The lowest BCUT2D eigenvalue weighted by atomic mass is 9.93. The zero-order valence-corrected chi connectivity index (χ0v) is 11.2. The molecule has 4 heteroatoms. The second-order valence-electron chi connectivity index (χ2n) is 5.51. The highest BCUT2D eigenvalue weighted by Gasteiger charge is 2.26. The monoisotopic (exact) mass is 242 g/mol. The van der Waals surface area contributed by atoms with E-state index < -0.39 is 0 Å². The Labute approximate surface area is 104 Å². The van der Waals surface area contributed by atoms with Gasteiger partial charge >= 0.3 is 0 Å². The Morgan fingerprint density at radius 3 is 2.76 bits per heavy atom. The minimum absolute atomic E-state index is 0.0568. The Morgan fingerprint density at radius 1 is 1.53 bits per heavy atom. The summed E-state index contributed by atoms with van der Waals surface area (Å²) in [6.07, 6.45) is 2.69. The van der Waals surface area contributed by atoms with Crippen LogP contribution in [0.1, 0.15) is 40.0 Å². The molecule has 0 bridgehead atoms. The molecule has 1 fully saturated rings. The third-order valence-corrected chi connectivity index (χ3v) is 3.55. The van der Waals surface area contributed by atoms with E-state index in [0.29, 0.717) is 18.3 Å². The van der Waals surface area contributed by atoms with Crippen molar-refractivity contribution < 1.29 is 9.90 Å². The van der Waals surface area contributed by atoms with Crippen molar-refractivity contribution in [3.05, 3.63) is 0 Å². The number of rotatable bonds is 5. The summed E-state index contributed by atoms with van der Waals surface area (Å²) in [6, 6.07) is 0.0187. The van der Waals surface area contributed by atoms with Crippen LogP contribution < -0.4 is 10.6 Å². The Bertz CT molecular complexity index is 244. The van der Waals surface area contributed by atoms with Gasteiger partial charge in [-0.05, 0) is 37.6 Å². The van der Waals surface area contributed by atoms with Gasteiger partial charge in [-0.1, -0.05) is 20.8 Å². The van der Waals surface area contributed by atoms with E-state index in [9.17, 15) is 4.79 Å². The van der Waals surface area contributed by atoms with Crippen LogP contribution in [0.4, 0.5) is 0 Å². The second-order valence-corrected chi connectivity index (χ2v) is 5.51. The van der Waals surface area contributed by atoms with Crippen LogP contribution in [0.2, 0.25) is 0 Å². The maximum absolute atomic E-state index is 12.1. The summed E-state index contributed by atoms with van der Waals surface area (Å²) < 4.78 is 0. The number of nitrogens with one attached hydrogen (secondary N) is 2. The molecule has 4 nitrogen and oxygen atoms in total. The van der Waals surface area contributed by atoms with Crippen LogP contribution in [0.5, 0.6) is 0 Å². The molecule has 1 aliphatic heterocycles. The van der Waals surface area contributed by atoms with Crippen LogP contribution in [0.15, 0.2) is 0 Å². The van der Waals surface area contributed by atoms with E-state index in [1.807, 2.05) is 0 Å². The van der Waals surface area contributed by atoms with Crippen LogP contribution in [0.25, 0.3) is 0 Å². The Hall–Kier alpha value is -0.610. The molecule has 3 N–H and O–H groups in total. The molecule has 17 heavy (non-hydrogen) atoms. The first-order valence-corrected chi connectivity index (χ1v) is 6.69. The van der Waals surface area contributed by atoms with Crippen LogP contribution in [-0.4, -0.2) is 36.2 Å². The molecule has 3 unspecified atom stereocenters. The predicted molar refractivity (Wildman–Crippen MR) is 68.7 cm³/mol. The van der Waals surface area contributed by atoms with E-state index in [2.05, 4.69) is 31.4 Å². The standard InChI is InChI=1S/C13H26N2O2/c1-9(2)11(5-7-16)15-13(17)12-8-10(3)4-6-14-12/h9-12,14,16H,4-8H2,1-3H3,(H,15,17). The number of amides is 1. The first kappa shape index (κ1) is 14.5. The Kier molecular flexibility index (Phi) is 5.92. The third kappa shape index (κ3) is 4.64. The smallest absolute Gasteiger partial charge is 0.237 e. The summed E-state index contributed by atoms with van der Waals surface area (Å²) in [6.45, 7) is 7.37. The Balaban J connectivity index is 2.45. The second kappa shape index (κ2) is 6.97. The molecule has 1 rings (SSSR count). The number of carbonyl (C=O) groups is 1. The predicted octanol–water partition coefficient (Wildman–Crippen LogP) is 0.898. The van der Waals surface area contributed by atoms with Gasteiger partial charge in [0.1, 0.15) is 0 Å². The third-order valence-electron chi connectivity index (χ3n) is 3.55. The number of hydrogen-bond donors (Lipinski definition) is 3. The van der Waals surface area contributed by atoms with Gasteiger partial charge in [0.05, 0.1) is 6.04 Å². The van der Waals surface area contributed by atoms with Gasteiger partial charge in [0, 0.05) is 12.6 Å². The summed E-state index contributed by atoms with van der Waals surface area (Å²) in [5.74, 6) is 1.05. The van der Waals surface area contributed by atoms with Crippen LogP contribution in [-0.2, 0) is 4.79 Å². The van der Waals surface area contributed by atoms with Gasteiger partial charge in [-0.3, -0.25) is 4.79 Å². The number of aliphatic hydroxyl groups is 1. The fourth-order valence-corrected chi connectivity index (χ4v) is 2.30. The summed E-state index contributed by atoms with van der Waals surface area (Å²) >= 11 is 0. The summed E-state index contributed by atoms with van der Waals surface area (Å²) in [4.78, 5) is 12.1. The minimum Gasteiger partial charge on any atom is -0.396 e. The van der Waals surface area contributed by atoms with E-state index in [1.165, 1.54) is 0 Å². The summed E-state index contributed by atoms with van der Waals surface area (Å²) in [5, 5.41) is 15.3. The van der Waals surface area contributed by atoms with Gasteiger partial charge in [-0.2, -0.15) is 0 Å². The van der Waals surface area contributed by atoms with Crippen LogP contribution >= 0.6 is 0 Å². The molecule has 0 saturated carbocycles. The van der Waals surface area contributed by atoms with Crippen molar-refractivity contribution in [2.24, 2.45) is 11.8 Å². The van der Waals surface area contributed by atoms with E-state index in [-0.39, 0.29) is 24.6 Å². The number of piperidine rings is 1. The average molecular weight is 242 g/mol. The highest BCUT2D eigenvalue weighted by atomic mass is 16.3. The van der Waals surface area contributed by atoms with Crippen molar-refractivity contribution in [1.82, 2.24) is 10.6 Å². The number of hydrogen-bond acceptors (Lipinski definition) is 3. The molecular weight excluding hydrogens is 216 g/mol. The van der Waals surface area contributed by atoms with Gasteiger partial charge in [0.15, 0.2) is 0 Å². The molecule has 0 aromatic heterocycles. The van der Waals surface area contributed by atoms with Crippen molar-refractivity contribution in [2.45, 2.75) is 52.1 Å². The van der Waals surface area contributed by atoms with E-state index >= 15 is 0 Å². The minimum atomic E-state index is -0.0568. The molecule has 0 aliphatic carbocycles. The number of aliphatic hydroxyl groups excluding tert-OH is 1. The maximum atomic E-state index is 12.1. The summed E-state index contributed by atoms with van der Waals surface area (Å²) in [7, 11) is 0. The normalized spacial score (nSPS) is 26.9. The number of carbonyl (C=O) groups excluding carboxylic acids is 1. The molecule has 0 radical (unpaired) electrons. The topological polar surface area (TPSA) is 61.4 Å². The van der Waals surface area contributed by atoms with Crippen LogP contribution in [0, 0.1) is 11.8 Å². The first-order chi connectivity index (χ1) is 8.04. The fourth-order valence-electron chi connectivity index (χ4n) is 2.30. The molecule has 0 aromatic carbocycles. The van der Waals surface area contributed by atoms with Gasteiger partial charge < -0.3 is 15.7 Å². The fraction of sp³-hybridized carbons (Fsp3) is 0.923. The molecule has 1 aliphatic rings. The SMILES string of the molecule is CC1CCNC(C(=O)NC(CCO)C(C)C)C1. The lowest BCUT2D eigenvalue weighted by molar-refractivity contribution is -0.125. The lowest BCUT2D eigenvalue weighted by Gasteiger charge is -2.30.